The largest absolute Gasteiger partial charge is 0.456 e. The van der Waals surface area contributed by atoms with Gasteiger partial charge in [-0.1, -0.05) is 11.6 Å². The van der Waals surface area contributed by atoms with E-state index >= 15 is 0 Å². The second-order valence-corrected chi connectivity index (χ2v) is 6.23. The van der Waals surface area contributed by atoms with E-state index in [1.54, 1.807) is 25.1 Å². The quantitative estimate of drug-likeness (QED) is 0.852. The number of anilines is 1. The molecule has 0 aromatic heterocycles. The molecule has 106 valence electrons. The van der Waals surface area contributed by atoms with E-state index in [1.165, 1.54) is 18.2 Å². The van der Waals surface area contributed by atoms with E-state index in [2.05, 4.69) is 0 Å². The molecule has 0 heterocycles. The van der Waals surface area contributed by atoms with E-state index in [4.69, 9.17) is 27.2 Å². The minimum Gasteiger partial charge on any atom is -0.456 e. The van der Waals surface area contributed by atoms with Crippen molar-refractivity contribution in [2.75, 3.05) is 5.73 Å². The number of rotatable bonds is 3. The number of primary sulfonamides is 1. The highest BCUT2D eigenvalue weighted by molar-refractivity contribution is 7.89. The van der Waals surface area contributed by atoms with E-state index in [0.29, 0.717) is 10.8 Å². The Morgan fingerprint density at radius 1 is 1.10 bits per heavy atom. The van der Waals surface area contributed by atoms with Gasteiger partial charge in [-0.15, -0.1) is 0 Å². The van der Waals surface area contributed by atoms with Crippen LogP contribution in [0.25, 0.3) is 0 Å². The van der Waals surface area contributed by atoms with Gasteiger partial charge in [0.2, 0.25) is 10.0 Å². The van der Waals surface area contributed by atoms with Crippen LogP contribution in [0.4, 0.5) is 5.69 Å². The molecular weight excluding hydrogens is 300 g/mol. The van der Waals surface area contributed by atoms with Gasteiger partial charge in [0.05, 0.1) is 0 Å². The summed E-state index contributed by atoms with van der Waals surface area (Å²) in [7, 11) is -3.93. The second-order valence-electron chi connectivity index (χ2n) is 4.26. The Kier molecular flexibility index (Phi) is 3.89. The van der Waals surface area contributed by atoms with Crippen LogP contribution in [0.5, 0.6) is 11.5 Å². The maximum atomic E-state index is 11.6. The normalized spacial score (nSPS) is 11.3. The standard InChI is InChI=1S/C13H13ClN2O3S/c1-8-6-9(14)2-4-11(8)19-12-5-3-10(15)7-13(12)20(16,17)18/h2-7H,15H2,1H3,(H2,16,17,18). The van der Waals surface area contributed by atoms with Crippen LogP contribution >= 0.6 is 11.6 Å². The van der Waals surface area contributed by atoms with Crippen LogP contribution in [-0.4, -0.2) is 8.42 Å². The Labute approximate surface area is 122 Å². The summed E-state index contributed by atoms with van der Waals surface area (Å²) in [5.41, 5.74) is 6.63. The maximum absolute atomic E-state index is 11.6. The Morgan fingerprint density at radius 3 is 2.35 bits per heavy atom. The third-order valence-electron chi connectivity index (χ3n) is 2.63. The third-order valence-corrected chi connectivity index (χ3v) is 3.80. The first-order valence-corrected chi connectivity index (χ1v) is 7.56. The number of ether oxygens (including phenoxy) is 1. The van der Waals surface area contributed by atoms with Crippen LogP contribution in [0.3, 0.4) is 0 Å². The lowest BCUT2D eigenvalue weighted by molar-refractivity contribution is 0.464. The Morgan fingerprint density at radius 2 is 1.75 bits per heavy atom. The van der Waals surface area contributed by atoms with Crippen molar-refractivity contribution in [1.82, 2.24) is 0 Å². The molecule has 4 N–H and O–H groups in total. The fourth-order valence-electron chi connectivity index (χ4n) is 1.68. The molecule has 0 fully saturated rings. The zero-order valence-electron chi connectivity index (χ0n) is 10.6. The van der Waals surface area contributed by atoms with Crippen LogP contribution in [0.15, 0.2) is 41.3 Å². The number of hydrogen-bond acceptors (Lipinski definition) is 4. The molecule has 2 aromatic rings. The summed E-state index contributed by atoms with van der Waals surface area (Å²) in [4.78, 5) is -0.160. The lowest BCUT2D eigenvalue weighted by Gasteiger charge is -2.12. The van der Waals surface area contributed by atoms with Gasteiger partial charge in [0.1, 0.15) is 16.4 Å². The average Bonchev–Trinajstić information content (AvgIpc) is 2.33. The van der Waals surface area contributed by atoms with Gasteiger partial charge >= 0.3 is 0 Å². The fourth-order valence-corrected chi connectivity index (χ4v) is 2.59. The van der Waals surface area contributed by atoms with Gasteiger partial charge in [0.15, 0.2) is 0 Å². The minimum absolute atomic E-state index is 0.118. The van der Waals surface area contributed by atoms with Crippen LogP contribution in [0, 0.1) is 6.92 Å². The number of aryl methyl sites for hydroxylation is 1. The van der Waals surface area contributed by atoms with E-state index in [9.17, 15) is 8.42 Å². The summed E-state index contributed by atoms with van der Waals surface area (Å²) >= 11 is 5.86. The first-order valence-electron chi connectivity index (χ1n) is 5.64. The van der Waals surface area contributed by atoms with Crippen molar-refractivity contribution < 1.29 is 13.2 Å². The summed E-state index contributed by atoms with van der Waals surface area (Å²) in [6.45, 7) is 1.80. The topological polar surface area (TPSA) is 95.4 Å². The SMILES string of the molecule is Cc1cc(Cl)ccc1Oc1ccc(N)cc1S(N)(=O)=O. The summed E-state index contributed by atoms with van der Waals surface area (Å²) in [6.07, 6.45) is 0. The molecule has 0 bridgehead atoms. The number of nitrogen functional groups attached to an aromatic ring is 1. The lowest BCUT2D eigenvalue weighted by atomic mass is 10.2. The zero-order valence-corrected chi connectivity index (χ0v) is 12.2. The van der Waals surface area contributed by atoms with Crippen LogP contribution in [0.2, 0.25) is 5.02 Å². The molecule has 0 aliphatic carbocycles. The minimum atomic E-state index is -3.93. The van der Waals surface area contributed by atoms with Gasteiger partial charge in [-0.3, -0.25) is 0 Å². The van der Waals surface area contributed by atoms with Crippen molar-refractivity contribution in [3.05, 3.63) is 47.0 Å². The van der Waals surface area contributed by atoms with Crippen LogP contribution in [0.1, 0.15) is 5.56 Å². The molecule has 0 radical (unpaired) electrons. The molecule has 0 atom stereocenters. The highest BCUT2D eigenvalue weighted by Crippen LogP contribution is 2.32. The number of benzene rings is 2. The smallest absolute Gasteiger partial charge is 0.241 e. The Balaban J connectivity index is 2.49. The summed E-state index contributed by atoms with van der Waals surface area (Å²) in [5.74, 6) is 0.608. The molecule has 0 aliphatic heterocycles. The second kappa shape index (κ2) is 5.32. The highest BCUT2D eigenvalue weighted by Gasteiger charge is 2.17. The molecule has 5 nitrogen and oxygen atoms in total. The molecule has 0 saturated heterocycles. The fraction of sp³-hybridized carbons (Fsp3) is 0.0769. The molecule has 20 heavy (non-hydrogen) atoms. The molecule has 0 aliphatic rings. The van der Waals surface area contributed by atoms with Crippen LogP contribution in [-0.2, 0) is 10.0 Å². The van der Waals surface area contributed by atoms with Crippen molar-refractivity contribution in [3.63, 3.8) is 0 Å². The summed E-state index contributed by atoms with van der Waals surface area (Å²) < 4.78 is 28.7. The molecule has 2 rings (SSSR count). The molecule has 7 heteroatoms. The maximum Gasteiger partial charge on any atom is 0.241 e. The Hall–Kier alpha value is -1.76. The first kappa shape index (κ1) is 14.6. The van der Waals surface area contributed by atoms with E-state index in [-0.39, 0.29) is 16.3 Å². The number of hydrogen-bond donors (Lipinski definition) is 2. The van der Waals surface area contributed by atoms with Crippen LogP contribution < -0.4 is 15.6 Å². The van der Waals surface area contributed by atoms with Crippen molar-refractivity contribution in [2.45, 2.75) is 11.8 Å². The number of sulfonamides is 1. The number of halogens is 1. The van der Waals surface area contributed by atoms with Gasteiger partial charge in [0.25, 0.3) is 0 Å². The zero-order chi connectivity index (χ0) is 14.9. The van der Waals surface area contributed by atoms with E-state index in [1.807, 2.05) is 0 Å². The molecule has 0 amide bonds. The third kappa shape index (κ3) is 3.22. The molecule has 0 unspecified atom stereocenters. The van der Waals surface area contributed by atoms with Crippen molar-refractivity contribution in [1.29, 1.82) is 0 Å². The van der Waals surface area contributed by atoms with Crippen molar-refractivity contribution in [2.24, 2.45) is 5.14 Å². The predicted molar refractivity (Wildman–Crippen MR) is 78.5 cm³/mol. The lowest BCUT2D eigenvalue weighted by Crippen LogP contribution is -2.13. The average molecular weight is 313 g/mol. The molecule has 2 aromatic carbocycles. The van der Waals surface area contributed by atoms with Gasteiger partial charge < -0.3 is 10.5 Å². The Bertz CT molecular complexity index is 760. The van der Waals surface area contributed by atoms with E-state index in [0.717, 1.165) is 5.56 Å². The van der Waals surface area contributed by atoms with Gasteiger partial charge in [-0.05, 0) is 48.9 Å². The first-order chi connectivity index (χ1) is 9.27. The van der Waals surface area contributed by atoms with Crippen molar-refractivity contribution in [3.8, 4) is 11.5 Å². The molecule has 0 spiro atoms. The van der Waals surface area contributed by atoms with Crippen molar-refractivity contribution >= 4 is 27.3 Å². The van der Waals surface area contributed by atoms with Gasteiger partial charge in [-0.2, -0.15) is 0 Å². The van der Waals surface area contributed by atoms with E-state index < -0.39 is 10.0 Å². The summed E-state index contributed by atoms with van der Waals surface area (Å²) in [6, 6.07) is 9.28. The van der Waals surface area contributed by atoms with Gasteiger partial charge in [0, 0.05) is 10.7 Å². The summed E-state index contributed by atoms with van der Waals surface area (Å²) in [5, 5.41) is 5.73. The predicted octanol–water partition coefficient (Wildman–Crippen LogP) is 2.67. The highest BCUT2D eigenvalue weighted by atomic mass is 35.5. The number of nitrogens with two attached hydrogens (primary N) is 2. The molecular formula is C13H13ClN2O3S. The van der Waals surface area contributed by atoms with Gasteiger partial charge in [-0.25, -0.2) is 13.6 Å². The molecule has 0 saturated carbocycles. The monoisotopic (exact) mass is 312 g/mol.